The first kappa shape index (κ1) is 13.5. The zero-order valence-electron chi connectivity index (χ0n) is 11.4. The van der Waals surface area contributed by atoms with Crippen LogP contribution < -0.4 is 0 Å². The number of azo groups is 1. The van der Waals surface area contributed by atoms with Crippen LogP contribution in [0.25, 0.3) is 0 Å². The third-order valence-corrected chi connectivity index (χ3v) is 2.74. The Hall–Kier alpha value is -1.95. The van der Waals surface area contributed by atoms with Crippen LogP contribution >= 0.6 is 11.6 Å². The topological polar surface area (TPSA) is 46.6 Å². The van der Waals surface area contributed by atoms with E-state index in [4.69, 9.17) is 11.6 Å². The van der Waals surface area contributed by atoms with Crippen molar-refractivity contribution in [2.45, 2.75) is 0 Å². The molecule has 0 fully saturated rings. The summed E-state index contributed by atoms with van der Waals surface area (Å²) in [5, 5.41) is 9.32. The molecule has 1 heterocycles. The molecule has 0 saturated heterocycles. The van der Waals surface area contributed by atoms with E-state index in [0.29, 0.717) is 22.6 Å². The third-order valence-electron chi connectivity index (χ3n) is 2.42. The quantitative estimate of drug-likeness (QED) is 0.740. The monoisotopic (exact) mass is 279 g/mol. The summed E-state index contributed by atoms with van der Waals surface area (Å²) >= 11 is 6.10. The van der Waals surface area contributed by atoms with Crippen LogP contribution in [0.3, 0.4) is 0 Å². The van der Waals surface area contributed by atoms with E-state index in [-0.39, 0.29) is 0 Å². The molecule has 0 amide bonds. The second kappa shape index (κ2) is 5.36. The van der Waals surface area contributed by atoms with Gasteiger partial charge in [0.1, 0.15) is 5.69 Å². The maximum absolute atomic E-state index is 6.10. The first-order valence-electron chi connectivity index (χ1n) is 5.77. The van der Waals surface area contributed by atoms with Crippen LogP contribution in [0.1, 0.15) is 0 Å². The highest BCUT2D eigenvalue weighted by Crippen LogP contribution is 2.24. The van der Waals surface area contributed by atoms with Crippen LogP contribution in [0.15, 0.2) is 39.5 Å². The fourth-order valence-corrected chi connectivity index (χ4v) is 1.63. The molecule has 0 unspecified atom stereocenters. The number of hydrogen-bond donors (Lipinski definition) is 0. The summed E-state index contributed by atoms with van der Waals surface area (Å²) in [5.41, 5.74) is 0.655. The summed E-state index contributed by atoms with van der Waals surface area (Å²) in [6, 6.07) is 7.36. The number of hydrogen-bond acceptors (Lipinski definition) is 4. The molecular weight excluding hydrogens is 264 g/mol. The van der Waals surface area contributed by atoms with E-state index in [9.17, 15) is 0 Å². The normalized spacial score (nSPS) is 16.4. The Balaban J connectivity index is 2.43. The van der Waals surface area contributed by atoms with Gasteiger partial charge >= 0.3 is 11.9 Å². The molecule has 6 nitrogen and oxygen atoms in total. The number of guanidine groups is 2. The molecule has 100 valence electrons. The molecule has 0 saturated carbocycles. The molecule has 0 aromatic heterocycles. The van der Waals surface area contributed by atoms with E-state index in [1.165, 1.54) is 4.81 Å². The van der Waals surface area contributed by atoms with Gasteiger partial charge in [-0.3, -0.25) is 4.90 Å². The summed E-state index contributed by atoms with van der Waals surface area (Å²) in [4.78, 5) is 9.56. The lowest BCUT2D eigenvalue weighted by molar-refractivity contribution is -0.488. The molecule has 1 aromatic rings. The standard InChI is InChI=1S/C12H16ClN6/c1-17(2)11-14-12(18(3)4)19(16-11)15-10-8-6-5-7-9(10)13/h5-8H,1-4H3/q+1. The summed E-state index contributed by atoms with van der Waals surface area (Å²) < 4.78 is 0. The number of benzene rings is 1. The van der Waals surface area contributed by atoms with Gasteiger partial charge in [0.2, 0.25) is 0 Å². The average molecular weight is 280 g/mol. The molecular formula is C12H16ClN6+. The lowest BCUT2D eigenvalue weighted by atomic mass is 10.3. The minimum absolute atomic E-state index is 0.578. The molecule has 19 heavy (non-hydrogen) atoms. The number of rotatable bonds is 1. The van der Waals surface area contributed by atoms with Crippen molar-refractivity contribution in [3.63, 3.8) is 0 Å². The molecule has 0 bridgehead atoms. The molecule has 7 heteroatoms. The van der Waals surface area contributed by atoms with E-state index < -0.39 is 0 Å². The minimum atomic E-state index is 0.578. The van der Waals surface area contributed by atoms with Gasteiger partial charge in [-0.25, -0.2) is 0 Å². The Morgan fingerprint density at radius 3 is 2.37 bits per heavy atom. The lowest BCUT2D eigenvalue weighted by Crippen LogP contribution is -2.28. The van der Waals surface area contributed by atoms with Crippen molar-refractivity contribution in [1.82, 2.24) is 9.80 Å². The molecule has 1 aliphatic heterocycles. The van der Waals surface area contributed by atoms with E-state index >= 15 is 0 Å². The summed E-state index contributed by atoms with van der Waals surface area (Å²) in [6.45, 7) is 0. The summed E-state index contributed by atoms with van der Waals surface area (Å²) in [6.07, 6.45) is 0. The largest absolute Gasteiger partial charge is 0.442 e. The maximum atomic E-state index is 6.10. The first-order chi connectivity index (χ1) is 8.99. The number of hydrazone groups is 1. The Labute approximate surface area is 117 Å². The molecule has 0 spiro atoms. The highest BCUT2D eigenvalue weighted by molar-refractivity contribution is 6.32. The predicted octanol–water partition coefficient (Wildman–Crippen LogP) is 2.20. The summed E-state index contributed by atoms with van der Waals surface area (Å²) in [7, 11) is 7.55. The van der Waals surface area contributed by atoms with Gasteiger partial charge in [-0.1, -0.05) is 28.8 Å². The van der Waals surface area contributed by atoms with Gasteiger partial charge in [0.05, 0.1) is 19.1 Å². The zero-order valence-corrected chi connectivity index (χ0v) is 12.1. The Bertz CT molecular complexity index is 573. The van der Waals surface area contributed by atoms with Gasteiger partial charge in [-0.2, -0.15) is 0 Å². The van der Waals surface area contributed by atoms with Crippen molar-refractivity contribution >= 4 is 29.2 Å². The molecule has 1 aliphatic rings. The highest BCUT2D eigenvalue weighted by Gasteiger charge is 2.30. The predicted molar refractivity (Wildman–Crippen MR) is 76.0 cm³/mol. The molecule has 0 radical (unpaired) electrons. The third kappa shape index (κ3) is 2.90. The van der Waals surface area contributed by atoms with E-state index in [1.54, 1.807) is 6.07 Å². The smallest absolute Gasteiger partial charge is 0.331 e. The molecule has 0 atom stereocenters. The van der Waals surface area contributed by atoms with Crippen LogP contribution in [0, 0.1) is 0 Å². The Kier molecular flexibility index (Phi) is 3.80. The van der Waals surface area contributed by atoms with Crippen molar-refractivity contribution in [2.75, 3.05) is 28.2 Å². The number of nitrogens with zero attached hydrogens (tertiary/aromatic N) is 6. The zero-order chi connectivity index (χ0) is 14.0. The van der Waals surface area contributed by atoms with Crippen LogP contribution in [0.2, 0.25) is 5.02 Å². The minimum Gasteiger partial charge on any atom is -0.331 e. The van der Waals surface area contributed by atoms with Crippen LogP contribution in [0.4, 0.5) is 5.69 Å². The van der Waals surface area contributed by atoms with Gasteiger partial charge in [-0.15, -0.1) is 0 Å². The Morgan fingerprint density at radius 1 is 1.11 bits per heavy atom. The number of aliphatic imine (C=N–C) groups is 1. The van der Waals surface area contributed by atoms with E-state index in [0.717, 1.165) is 0 Å². The van der Waals surface area contributed by atoms with Crippen molar-refractivity contribution in [1.29, 1.82) is 0 Å². The van der Waals surface area contributed by atoms with Gasteiger partial charge in [0.15, 0.2) is 0 Å². The van der Waals surface area contributed by atoms with Crippen molar-refractivity contribution in [3.05, 3.63) is 29.3 Å². The lowest BCUT2D eigenvalue weighted by Gasteiger charge is -2.03. The second-order valence-corrected chi connectivity index (χ2v) is 4.85. The fraction of sp³-hybridized carbons (Fsp3) is 0.333. The van der Waals surface area contributed by atoms with Crippen molar-refractivity contribution in [3.8, 4) is 0 Å². The number of halogens is 1. The Morgan fingerprint density at radius 2 is 1.79 bits per heavy atom. The fourth-order valence-electron chi connectivity index (χ4n) is 1.46. The van der Waals surface area contributed by atoms with E-state index in [2.05, 4.69) is 15.2 Å². The maximum Gasteiger partial charge on any atom is 0.442 e. The van der Waals surface area contributed by atoms with Crippen LogP contribution in [-0.4, -0.2) is 54.7 Å². The highest BCUT2D eigenvalue weighted by atomic mass is 35.5. The molecule has 0 aliphatic carbocycles. The van der Waals surface area contributed by atoms with Crippen LogP contribution in [0.5, 0.6) is 0 Å². The van der Waals surface area contributed by atoms with Gasteiger partial charge < -0.3 is 4.90 Å². The van der Waals surface area contributed by atoms with Gasteiger partial charge in [-0.05, 0) is 27.0 Å². The molecule has 1 aromatic carbocycles. The van der Waals surface area contributed by atoms with E-state index in [1.807, 2.05) is 56.2 Å². The first-order valence-corrected chi connectivity index (χ1v) is 6.15. The average Bonchev–Trinajstić information content (AvgIpc) is 2.76. The van der Waals surface area contributed by atoms with Gasteiger partial charge in [0, 0.05) is 14.1 Å². The SMILES string of the molecule is CN(C)C1=N[N+](=Nc2ccccc2Cl)C(N(C)C)=N1. The van der Waals surface area contributed by atoms with Crippen LogP contribution in [-0.2, 0) is 0 Å². The molecule has 2 rings (SSSR count). The summed E-state index contributed by atoms with van der Waals surface area (Å²) in [5.74, 6) is 1.24. The van der Waals surface area contributed by atoms with Crippen molar-refractivity contribution < 1.29 is 4.81 Å². The van der Waals surface area contributed by atoms with Crippen molar-refractivity contribution in [2.24, 2.45) is 15.2 Å². The second-order valence-electron chi connectivity index (χ2n) is 4.44. The van der Waals surface area contributed by atoms with Gasteiger partial charge in [0.25, 0.3) is 0 Å². The molecule has 0 N–H and O–H groups in total.